The molecule has 5 heteroatoms. The second-order valence-electron chi connectivity index (χ2n) is 4.57. The van der Waals surface area contributed by atoms with Gasteiger partial charge in [-0.1, -0.05) is 19.9 Å². The minimum Gasteiger partial charge on any atom is -0.459 e. The quantitative estimate of drug-likeness (QED) is 0.767. The van der Waals surface area contributed by atoms with E-state index >= 15 is 0 Å². The fourth-order valence-corrected chi connectivity index (χ4v) is 1.57. The summed E-state index contributed by atoms with van der Waals surface area (Å²) in [5.74, 6) is -1.54. The highest BCUT2D eigenvalue weighted by molar-refractivity contribution is 5.76. The second kappa shape index (κ2) is 5.99. The van der Waals surface area contributed by atoms with E-state index in [1.165, 1.54) is 19.1 Å². The lowest BCUT2D eigenvalue weighted by Crippen LogP contribution is -2.36. The monoisotopic (exact) mass is 272 g/mol. The molecule has 0 aliphatic heterocycles. The molecule has 3 nitrogen and oxygen atoms in total. The summed E-state index contributed by atoms with van der Waals surface area (Å²) in [5, 5.41) is 0. The zero-order chi connectivity index (χ0) is 14.6. The molecule has 1 aromatic rings. The SMILES string of the molecule is CCOC(=O)C(F)(F)Oc1cc(C)cc(C(C)C)c1. The van der Waals surface area contributed by atoms with Crippen LogP contribution in [0.15, 0.2) is 18.2 Å². The number of benzene rings is 1. The molecular formula is C14H18F2O3. The molecule has 0 N–H and O–H groups in total. The van der Waals surface area contributed by atoms with Gasteiger partial charge in [0.1, 0.15) is 5.75 Å². The van der Waals surface area contributed by atoms with Crippen LogP contribution in [0.3, 0.4) is 0 Å². The molecule has 1 aromatic carbocycles. The summed E-state index contributed by atoms with van der Waals surface area (Å²) in [6, 6.07) is 4.85. The third kappa shape index (κ3) is 4.19. The first-order chi connectivity index (χ1) is 8.76. The van der Waals surface area contributed by atoms with Gasteiger partial charge in [-0.25, -0.2) is 4.79 Å². The van der Waals surface area contributed by atoms with Gasteiger partial charge in [0.25, 0.3) is 0 Å². The van der Waals surface area contributed by atoms with E-state index in [1.807, 2.05) is 19.9 Å². The second-order valence-corrected chi connectivity index (χ2v) is 4.57. The van der Waals surface area contributed by atoms with E-state index in [0.717, 1.165) is 11.1 Å². The third-order valence-electron chi connectivity index (χ3n) is 2.50. The predicted molar refractivity (Wildman–Crippen MR) is 67.5 cm³/mol. The van der Waals surface area contributed by atoms with E-state index in [1.54, 1.807) is 6.92 Å². The number of rotatable bonds is 5. The number of ether oxygens (including phenoxy) is 2. The average Bonchev–Trinajstić information content (AvgIpc) is 2.27. The van der Waals surface area contributed by atoms with Gasteiger partial charge in [0, 0.05) is 0 Å². The maximum absolute atomic E-state index is 13.5. The molecule has 0 amide bonds. The van der Waals surface area contributed by atoms with E-state index in [4.69, 9.17) is 0 Å². The predicted octanol–water partition coefficient (Wildman–Crippen LogP) is 3.65. The highest BCUT2D eigenvalue weighted by atomic mass is 19.3. The van der Waals surface area contributed by atoms with Crippen molar-refractivity contribution in [1.29, 1.82) is 0 Å². The minimum absolute atomic E-state index is 0.0400. The Morgan fingerprint density at radius 1 is 1.32 bits per heavy atom. The first-order valence-corrected chi connectivity index (χ1v) is 6.12. The lowest BCUT2D eigenvalue weighted by molar-refractivity contribution is -0.216. The largest absolute Gasteiger partial charge is 0.502 e. The van der Waals surface area contributed by atoms with Crippen molar-refractivity contribution < 1.29 is 23.0 Å². The van der Waals surface area contributed by atoms with Crippen LogP contribution in [0.4, 0.5) is 8.78 Å². The van der Waals surface area contributed by atoms with Gasteiger partial charge in [0.15, 0.2) is 0 Å². The van der Waals surface area contributed by atoms with Crippen molar-refractivity contribution in [1.82, 2.24) is 0 Å². The Hall–Kier alpha value is -1.65. The van der Waals surface area contributed by atoms with Crippen molar-refractivity contribution in [3.8, 4) is 5.75 Å². The number of carbonyl (C=O) groups is 1. The molecule has 0 saturated heterocycles. The topological polar surface area (TPSA) is 35.5 Å². The highest BCUT2D eigenvalue weighted by Gasteiger charge is 2.44. The summed E-state index contributed by atoms with van der Waals surface area (Å²) >= 11 is 0. The Balaban J connectivity index is 2.95. The fourth-order valence-electron chi connectivity index (χ4n) is 1.57. The Morgan fingerprint density at radius 3 is 2.47 bits per heavy atom. The Bertz CT molecular complexity index is 456. The number of carbonyl (C=O) groups excluding carboxylic acids is 1. The van der Waals surface area contributed by atoms with Crippen LogP contribution < -0.4 is 4.74 Å². The van der Waals surface area contributed by atoms with Crippen LogP contribution >= 0.6 is 0 Å². The number of esters is 1. The minimum atomic E-state index is -3.97. The zero-order valence-electron chi connectivity index (χ0n) is 11.5. The molecular weight excluding hydrogens is 254 g/mol. The van der Waals surface area contributed by atoms with E-state index in [2.05, 4.69) is 9.47 Å². The van der Waals surface area contributed by atoms with Gasteiger partial charge in [0.05, 0.1) is 6.61 Å². The van der Waals surface area contributed by atoms with Gasteiger partial charge < -0.3 is 9.47 Å². The third-order valence-corrected chi connectivity index (χ3v) is 2.50. The van der Waals surface area contributed by atoms with Gasteiger partial charge in [-0.15, -0.1) is 0 Å². The summed E-state index contributed by atoms with van der Waals surface area (Å²) in [6.07, 6.45) is -3.97. The molecule has 0 aliphatic rings. The Kier molecular flexibility index (Phi) is 4.86. The molecule has 19 heavy (non-hydrogen) atoms. The molecule has 0 saturated carbocycles. The van der Waals surface area contributed by atoms with Crippen molar-refractivity contribution >= 4 is 5.97 Å². The van der Waals surface area contributed by atoms with Crippen molar-refractivity contribution in [3.63, 3.8) is 0 Å². The molecule has 0 atom stereocenters. The van der Waals surface area contributed by atoms with Gasteiger partial charge in [-0.3, -0.25) is 0 Å². The zero-order valence-corrected chi connectivity index (χ0v) is 11.5. The smallest absolute Gasteiger partial charge is 0.459 e. The standard InChI is InChI=1S/C14H18F2O3/c1-5-18-13(17)14(15,16)19-12-7-10(4)6-11(8-12)9(2)3/h6-9H,5H2,1-4H3. The highest BCUT2D eigenvalue weighted by Crippen LogP contribution is 2.27. The molecule has 1 rings (SSSR count). The molecule has 0 heterocycles. The van der Waals surface area contributed by atoms with Crippen LogP contribution in [0.5, 0.6) is 5.75 Å². The van der Waals surface area contributed by atoms with E-state index in [-0.39, 0.29) is 18.3 Å². The molecule has 0 aliphatic carbocycles. The Morgan fingerprint density at radius 2 is 1.95 bits per heavy atom. The Labute approximate surface area is 111 Å². The maximum atomic E-state index is 13.5. The molecule has 0 fully saturated rings. The van der Waals surface area contributed by atoms with Gasteiger partial charge in [-0.2, -0.15) is 8.78 Å². The van der Waals surface area contributed by atoms with Crippen LogP contribution in [0.25, 0.3) is 0 Å². The molecule has 0 spiro atoms. The van der Waals surface area contributed by atoms with Crippen molar-refractivity contribution in [2.45, 2.75) is 39.7 Å². The van der Waals surface area contributed by atoms with Gasteiger partial charge >= 0.3 is 12.1 Å². The van der Waals surface area contributed by atoms with Gasteiger partial charge in [0.2, 0.25) is 0 Å². The lowest BCUT2D eigenvalue weighted by atomic mass is 10.0. The molecule has 0 radical (unpaired) electrons. The summed E-state index contributed by atoms with van der Waals surface area (Å²) in [4.78, 5) is 11.1. The number of aryl methyl sites for hydroxylation is 1. The van der Waals surface area contributed by atoms with Crippen molar-refractivity contribution in [2.24, 2.45) is 0 Å². The van der Waals surface area contributed by atoms with Gasteiger partial charge in [-0.05, 0) is 43.0 Å². The normalized spacial score (nSPS) is 11.5. The van der Waals surface area contributed by atoms with Crippen molar-refractivity contribution in [2.75, 3.05) is 6.61 Å². The maximum Gasteiger partial charge on any atom is 0.502 e. The first kappa shape index (κ1) is 15.4. The van der Waals surface area contributed by atoms with Crippen LogP contribution in [-0.4, -0.2) is 18.7 Å². The first-order valence-electron chi connectivity index (χ1n) is 6.12. The molecule has 0 bridgehead atoms. The average molecular weight is 272 g/mol. The van der Waals surface area contributed by atoms with Crippen LogP contribution in [-0.2, 0) is 9.53 Å². The summed E-state index contributed by atoms with van der Waals surface area (Å²) < 4.78 is 35.7. The summed E-state index contributed by atoms with van der Waals surface area (Å²) in [5.41, 5.74) is 1.66. The van der Waals surface area contributed by atoms with Crippen LogP contribution in [0, 0.1) is 6.92 Å². The molecule has 0 unspecified atom stereocenters. The molecule has 0 aromatic heterocycles. The lowest BCUT2D eigenvalue weighted by Gasteiger charge is -2.17. The van der Waals surface area contributed by atoms with Crippen LogP contribution in [0.2, 0.25) is 0 Å². The molecule has 106 valence electrons. The van der Waals surface area contributed by atoms with Crippen molar-refractivity contribution in [3.05, 3.63) is 29.3 Å². The number of alkyl halides is 2. The summed E-state index contributed by atoms with van der Waals surface area (Å²) in [6.45, 7) is 7.01. The summed E-state index contributed by atoms with van der Waals surface area (Å²) in [7, 11) is 0. The fraction of sp³-hybridized carbons (Fsp3) is 0.500. The van der Waals surface area contributed by atoms with E-state index in [0.29, 0.717) is 0 Å². The number of halogens is 2. The van der Waals surface area contributed by atoms with Crippen LogP contribution in [0.1, 0.15) is 37.8 Å². The van der Waals surface area contributed by atoms with E-state index < -0.39 is 12.1 Å². The van der Waals surface area contributed by atoms with E-state index in [9.17, 15) is 13.6 Å². The number of hydrogen-bond donors (Lipinski definition) is 0. The number of hydrogen-bond acceptors (Lipinski definition) is 3.